The second-order valence-electron chi connectivity index (χ2n) is 6.93. The highest BCUT2D eigenvalue weighted by atomic mass is 32.2. The summed E-state index contributed by atoms with van der Waals surface area (Å²) in [6.07, 6.45) is 0. The number of carbonyl (C=O) groups is 1. The van der Waals surface area contributed by atoms with Crippen molar-refractivity contribution < 1.29 is 17.9 Å². The zero-order valence-electron chi connectivity index (χ0n) is 16.3. The summed E-state index contributed by atoms with van der Waals surface area (Å²) < 4.78 is 32.8. The fraction of sp³-hybridized carbons (Fsp3) is 0.227. The summed E-state index contributed by atoms with van der Waals surface area (Å²) in [5.41, 5.74) is 2.15. The lowest BCUT2D eigenvalue weighted by Crippen LogP contribution is -2.34. The minimum absolute atomic E-state index is 0.124. The Hall–Kier alpha value is -2.86. The fourth-order valence-corrected chi connectivity index (χ4v) is 4.45. The van der Waals surface area contributed by atoms with Gasteiger partial charge in [0.2, 0.25) is 5.91 Å². The Morgan fingerprint density at radius 3 is 2.36 bits per heavy atom. The second kappa shape index (κ2) is 7.64. The van der Waals surface area contributed by atoms with Gasteiger partial charge in [0.15, 0.2) is 0 Å². The molecule has 0 heterocycles. The van der Waals surface area contributed by atoms with Gasteiger partial charge in [0.05, 0.1) is 17.9 Å². The number of rotatable bonds is 5. The van der Waals surface area contributed by atoms with E-state index in [9.17, 15) is 13.2 Å². The molecule has 0 aliphatic heterocycles. The van der Waals surface area contributed by atoms with Crippen molar-refractivity contribution in [2.45, 2.75) is 31.6 Å². The smallest absolute Gasteiger partial charge is 0.264 e. The van der Waals surface area contributed by atoms with Crippen LogP contribution >= 0.6 is 0 Å². The molecule has 1 N–H and O–H groups in total. The maximum atomic E-state index is 12.7. The first-order chi connectivity index (χ1) is 13.2. The molecule has 146 valence electrons. The van der Waals surface area contributed by atoms with Crippen LogP contribution in [0.25, 0.3) is 10.8 Å². The van der Waals surface area contributed by atoms with Gasteiger partial charge in [-0.2, -0.15) is 0 Å². The van der Waals surface area contributed by atoms with Crippen LogP contribution in [0.2, 0.25) is 0 Å². The number of sulfonamides is 1. The van der Waals surface area contributed by atoms with Crippen molar-refractivity contribution >= 4 is 26.7 Å². The van der Waals surface area contributed by atoms with Gasteiger partial charge in [0.1, 0.15) is 5.75 Å². The van der Waals surface area contributed by atoms with Crippen LogP contribution in [0, 0.1) is 13.8 Å². The number of carbonyl (C=O) groups excluding carboxylic acids is 1. The van der Waals surface area contributed by atoms with E-state index in [1.165, 1.54) is 0 Å². The molecule has 0 saturated carbocycles. The largest absolute Gasteiger partial charge is 0.497 e. The first kappa shape index (κ1) is 19.9. The van der Waals surface area contributed by atoms with E-state index in [1.54, 1.807) is 33.1 Å². The van der Waals surface area contributed by atoms with Gasteiger partial charge in [0, 0.05) is 0 Å². The van der Waals surface area contributed by atoms with Gasteiger partial charge < -0.3 is 4.74 Å². The summed E-state index contributed by atoms with van der Waals surface area (Å²) >= 11 is 0. The zero-order chi connectivity index (χ0) is 20.5. The summed E-state index contributed by atoms with van der Waals surface area (Å²) in [6.45, 7) is 5.21. The number of fused-ring (bicyclic) bond motifs is 1. The highest BCUT2D eigenvalue weighted by molar-refractivity contribution is 7.90. The predicted octanol–water partition coefficient (Wildman–Crippen LogP) is 4.07. The van der Waals surface area contributed by atoms with Crippen LogP contribution in [0.4, 0.5) is 0 Å². The lowest BCUT2D eigenvalue weighted by molar-refractivity contribution is -0.120. The van der Waals surface area contributed by atoms with E-state index in [2.05, 4.69) is 4.72 Å². The first-order valence-electron chi connectivity index (χ1n) is 8.93. The van der Waals surface area contributed by atoms with Crippen molar-refractivity contribution in [3.05, 3.63) is 71.3 Å². The number of nitrogens with one attached hydrogen (secondary N) is 1. The molecular formula is C22H23NO4S. The van der Waals surface area contributed by atoms with E-state index >= 15 is 0 Å². The van der Waals surface area contributed by atoms with Crippen LogP contribution in [-0.2, 0) is 14.8 Å². The minimum atomic E-state index is -3.93. The van der Waals surface area contributed by atoms with E-state index in [0.717, 1.165) is 27.6 Å². The van der Waals surface area contributed by atoms with Crippen molar-refractivity contribution in [1.82, 2.24) is 4.72 Å². The first-order valence-corrected chi connectivity index (χ1v) is 10.4. The topological polar surface area (TPSA) is 72.5 Å². The molecule has 3 aromatic carbocycles. The molecule has 0 bridgehead atoms. The number of methoxy groups -OCH3 is 1. The molecule has 5 nitrogen and oxygen atoms in total. The van der Waals surface area contributed by atoms with Crippen molar-refractivity contribution in [3.63, 3.8) is 0 Å². The minimum Gasteiger partial charge on any atom is -0.497 e. The van der Waals surface area contributed by atoms with Crippen LogP contribution in [0.1, 0.15) is 29.5 Å². The maximum absolute atomic E-state index is 12.7. The molecular weight excluding hydrogens is 374 g/mol. The highest BCUT2D eigenvalue weighted by Crippen LogP contribution is 2.26. The summed E-state index contributed by atoms with van der Waals surface area (Å²) in [5, 5.41) is 1.94. The molecule has 0 spiro atoms. The predicted molar refractivity (Wildman–Crippen MR) is 110 cm³/mol. The molecule has 0 radical (unpaired) electrons. The number of ether oxygens (including phenoxy) is 1. The normalized spacial score (nSPS) is 12.6. The average Bonchev–Trinajstić information content (AvgIpc) is 2.67. The third-order valence-corrected chi connectivity index (χ3v) is 6.32. The third-order valence-electron chi connectivity index (χ3n) is 4.83. The van der Waals surface area contributed by atoms with Gasteiger partial charge in [-0.1, -0.05) is 36.4 Å². The Kier molecular flexibility index (Phi) is 5.42. The quantitative estimate of drug-likeness (QED) is 0.704. The second-order valence-corrected chi connectivity index (χ2v) is 8.58. The number of hydrogen-bond acceptors (Lipinski definition) is 4. The van der Waals surface area contributed by atoms with Crippen LogP contribution < -0.4 is 9.46 Å². The van der Waals surface area contributed by atoms with Crippen LogP contribution in [0.15, 0.2) is 59.5 Å². The third kappa shape index (κ3) is 4.02. The van der Waals surface area contributed by atoms with Crippen LogP contribution in [-0.4, -0.2) is 21.4 Å². The molecule has 0 aliphatic rings. The average molecular weight is 397 g/mol. The van der Waals surface area contributed by atoms with Crippen molar-refractivity contribution in [2.24, 2.45) is 0 Å². The molecule has 0 saturated heterocycles. The molecule has 28 heavy (non-hydrogen) atoms. The maximum Gasteiger partial charge on any atom is 0.264 e. The van der Waals surface area contributed by atoms with E-state index < -0.39 is 21.8 Å². The van der Waals surface area contributed by atoms with Crippen molar-refractivity contribution in [2.75, 3.05) is 7.11 Å². The Labute approximate surface area is 165 Å². The summed E-state index contributed by atoms with van der Waals surface area (Å²) in [5.74, 6) is -0.425. The molecule has 1 unspecified atom stereocenters. The van der Waals surface area contributed by atoms with E-state index in [-0.39, 0.29) is 4.90 Å². The number of aryl methyl sites for hydroxylation is 2. The summed E-state index contributed by atoms with van der Waals surface area (Å²) in [7, 11) is -2.32. The van der Waals surface area contributed by atoms with Gasteiger partial charge in [-0.15, -0.1) is 0 Å². The molecule has 0 aromatic heterocycles. The molecule has 0 fully saturated rings. The van der Waals surface area contributed by atoms with Gasteiger partial charge in [-0.05, 0) is 66.4 Å². The van der Waals surface area contributed by atoms with Gasteiger partial charge in [-0.3, -0.25) is 4.79 Å². The molecule has 0 aliphatic carbocycles. The lowest BCUT2D eigenvalue weighted by atomic mass is 9.97. The molecule has 1 atom stereocenters. The van der Waals surface area contributed by atoms with Gasteiger partial charge in [-0.25, -0.2) is 13.1 Å². The van der Waals surface area contributed by atoms with Gasteiger partial charge in [0.25, 0.3) is 10.0 Å². The Bertz CT molecular complexity index is 1150. The van der Waals surface area contributed by atoms with Crippen molar-refractivity contribution in [3.8, 4) is 5.75 Å². The van der Waals surface area contributed by atoms with Crippen LogP contribution in [0.5, 0.6) is 5.75 Å². The van der Waals surface area contributed by atoms with Crippen LogP contribution in [0.3, 0.4) is 0 Å². The highest BCUT2D eigenvalue weighted by Gasteiger charge is 2.24. The Balaban J connectivity index is 1.86. The zero-order valence-corrected chi connectivity index (χ0v) is 17.1. The number of hydrogen-bond donors (Lipinski definition) is 1. The molecule has 6 heteroatoms. The fourth-order valence-electron chi connectivity index (χ4n) is 3.06. The van der Waals surface area contributed by atoms with E-state index in [0.29, 0.717) is 5.56 Å². The standard InChI is InChI=1S/C22H23NO4S/c1-14-5-6-15(2)21(11-14)28(25,26)23-22(24)16(3)17-7-8-19-13-20(27-4)10-9-18(19)12-17/h5-13,16H,1-4H3,(H,23,24). The molecule has 1 amide bonds. The number of amides is 1. The van der Waals surface area contributed by atoms with Crippen molar-refractivity contribution in [1.29, 1.82) is 0 Å². The molecule has 3 rings (SSSR count). The lowest BCUT2D eigenvalue weighted by Gasteiger charge is -2.15. The van der Waals surface area contributed by atoms with E-state index in [4.69, 9.17) is 4.74 Å². The van der Waals surface area contributed by atoms with E-state index in [1.807, 2.05) is 49.4 Å². The monoisotopic (exact) mass is 397 g/mol. The summed E-state index contributed by atoms with van der Waals surface area (Å²) in [6, 6.07) is 16.4. The molecule has 3 aromatic rings. The number of benzene rings is 3. The SMILES string of the molecule is COc1ccc2cc(C(C)C(=O)NS(=O)(=O)c3cc(C)ccc3C)ccc2c1. The Morgan fingerprint density at radius 2 is 1.64 bits per heavy atom. The summed E-state index contributed by atoms with van der Waals surface area (Å²) in [4.78, 5) is 12.8. The Morgan fingerprint density at radius 1 is 0.964 bits per heavy atom. The van der Waals surface area contributed by atoms with Gasteiger partial charge >= 0.3 is 0 Å².